The van der Waals surface area contributed by atoms with E-state index in [1.54, 1.807) is 43.3 Å². The third kappa shape index (κ3) is 3.91. The first-order valence-electron chi connectivity index (χ1n) is 7.58. The predicted octanol–water partition coefficient (Wildman–Crippen LogP) is 2.75. The highest BCUT2D eigenvalue weighted by atomic mass is 16.5. The number of nitrogens with one attached hydrogen (secondary N) is 2. The molecule has 3 aromatic rings. The Bertz CT molecular complexity index is 1020. The highest BCUT2D eigenvalue weighted by Crippen LogP contribution is 2.12. The third-order valence-electron chi connectivity index (χ3n) is 3.33. The number of nitriles is 1. The largest absolute Gasteiger partial charge is 0.360 e. The van der Waals surface area contributed by atoms with Crippen LogP contribution in [-0.2, 0) is 0 Å². The standard InChI is InChI=1S/C18H13N5O3/c1-11-8-16(23-26-11)22-18(25)15-7-3-6-14(21-15)17(24)20-13-5-2-4-12(9-13)10-19/h2-9H,1H3,(H,20,24)(H,22,23,25). The monoisotopic (exact) mass is 347 g/mol. The van der Waals surface area contributed by atoms with Gasteiger partial charge in [0.05, 0.1) is 11.6 Å². The van der Waals surface area contributed by atoms with Crippen LogP contribution in [0.15, 0.2) is 53.1 Å². The Labute approximate surface area is 148 Å². The van der Waals surface area contributed by atoms with Gasteiger partial charge >= 0.3 is 0 Å². The van der Waals surface area contributed by atoms with Gasteiger partial charge in [-0.15, -0.1) is 0 Å². The summed E-state index contributed by atoms with van der Waals surface area (Å²) in [5.74, 6) is -0.190. The zero-order valence-corrected chi connectivity index (χ0v) is 13.7. The van der Waals surface area contributed by atoms with Crippen LogP contribution in [0.4, 0.5) is 11.5 Å². The molecule has 0 unspecified atom stereocenters. The first kappa shape index (κ1) is 16.9. The minimum atomic E-state index is -0.514. The van der Waals surface area contributed by atoms with Crippen LogP contribution in [0, 0.1) is 18.3 Å². The van der Waals surface area contributed by atoms with Crippen LogP contribution in [-0.4, -0.2) is 22.0 Å². The molecule has 128 valence electrons. The Hall–Kier alpha value is -3.99. The van der Waals surface area contributed by atoms with Crippen LogP contribution < -0.4 is 10.6 Å². The summed E-state index contributed by atoms with van der Waals surface area (Å²) in [7, 11) is 0. The fraction of sp³-hybridized carbons (Fsp3) is 0.0556. The van der Waals surface area contributed by atoms with Crippen LogP contribution in [0.1, 0.15) is 32.3 Å². The summed E-state index contributed by atoms with van der Waals surface area (Å²) in [5.41, 5.74) is 1.01. The number of anilines is 2. The molecule has 1 aromatic carbocycles. The van der Waals surface area contributed by atoms with Crippen LogP contribution in [0.3, 0.4) is 0 Å². The van der Waals surface area contributed by atoms with E-state index in [0.717, 1.165) is 0 Å². The molecule has 0 saturated heterocycles. The van der Waals surface area contributed by atoms with Crippen LogP contribution in [0.2, 0.25) is 0 Å². The van der Waals surface area contributed by atoms with E-state index in [9.17, 15) is 9.59 Å². The molecule has 2 amide bonds. The molecule has 0 spiro atoms. The minimum absolute atomic E-state index is 0.0593. The van der Waals surface area contributed by atoms with E-state index in [0.29, 0.717) is 17.0 Å². The lowest BCUT2D eigenvalue weighted by Crippen LogP contribution is -2.18. The summed E-state index contributed by atoms with van der Waals surface area (Å²) in [5, 5.41) is 17.7. The second kappa shape index (κ2) is 7.27. The van der Waals surface area contributed by atoms with Crippen molar-refractivity contribution in [2.45, 2.75) is 6.92 Å². The Morgan fingerprint density at radius 2 is 1.73 bits per heavy atom. The average Bonchev–Trinajstić information content (AvgIpc) is 3.06. The zero-order valence-electron chi connectivity index (χ0n) is 13.7. The second-order valence-electron chi connectivity index (χ2n) is 5.33. The smallest absolute Gasteiger partial charge is 0.275 e. The van der Waals surface area contributed by atoms with E-state index >= 15 is 0 Å². The number of carbonyl (C=O) groups excluding carboxylic acids is 2. The lowest BCUT2D eigenvalue weighted by atomic mass is 10.2. The van der Waals surface area contributed by atoms with Gasteiger partial charge < -0.3 is 15.2 Å². The Morgan fingerprint density at radius 1 is 1.04 bits per heavy atom. The van der Waals surface area contributed by atoms with Gasteiger partial charge in [0.15, 0.2) is 5.82 Å². The molecular weight excluding hydrogens is 334 g/mol. The number of aryl methyl sites for hydroxylation is 1. The number of hydrogen-bond donors (Lipinski definition) is 2. The van der Waals surface area contributed by atoms with Gasteiger partial charge in [0.2, 0.25) is 0 Å². The molecule has 8 heteroatoms. The summed E-state index contributed by atoms with van der Waals surface area (Å²) < 4.78 is 4.88. The van der Waals surface area contributed by atoms with Gasteiger partial charge in [-0.2, -0.15) is 5.26 Å². The first-order chi connectivity index (χ1) is 12.5. The molecule has 2 N–H and O–H groups in total. The van der Waals surface area contributed by atoms with E-state index in [2.05, 4.69) is 20.8 Å². The number of benzene rings is 1. The topological polar surface area (TPSA) is 121 Å². The molecule has 8 nitrogen and oxygen atoms in total. The molecule has 0 radical (unpaired) electrons. The lowest BCUT2D eigenvalue weighted by Gasteiger charge is -2.06. The van der Waals surface area contributed by atoms with E-state index in [1.165, 1.54) is 12.1 Å². The van der Waals surface area contributed by atoms with Crippen molar-refractivity contribution in [3.05, 3.63) is 71.2 Å². The highest BCUT2D eigenvalue weighted by Gasteiger charge is 2.14. The van der Waals surface area contributed by atoms with Crippen molar-refractivity contribution in [2.75, 3.05) is 10.6 Å². The van der Waals surface area contributed by atoms with Crippen molar-refractivity contribution in [1.82, 2.24) is 10.1 Å². The minimum Gasteiger partial charge on any atom is -0.360 e. The number of aromatic nitrogens is 2. The lowest BCUT2D eigenvalue weighted by molar-refractivity contribution is 0.101. The number of rotatable bonds is 4. The van der Waals surface area contributed by atoms with E-state index in [4.69, 9.17) is 9.78 Å². The van der Waals surface area contributed by atoms with Gasteiger partial charge in [0, 0.05) is 11.8 Å². The maximum Gasteiger partial charge on any atom is 0.275 e. The summed E-state index contributed by atoms with van der Waals surface area (Å²) in [6.07, 6.45) is 0. The Kier molecular flexibility index (Phi) is 4.71. The first-order valence-corrected chi connectivity index (χ1v) is 7.58. The van der Waals surface area contributed by atoms with Crippen molar-refractivity contribution in [1.29, 1.82) is 5.26 Å². The van der Waals surface area contributed by atoms with E-state index in [1.807, 2.05) is 6.07 Å². The molecule has 0 bridgehead atoms. The molecule has 0 aliphatic rings. The molecule has 3 rings (SSSR count). The van der Waals surface area contributed by atoms with Crippen molar-refractivity contribution in [3.63, 3.8) is 0 Å². The van der Waals surface area contributed by atoms with E-state index < -0.39 is 11.8 Å². The average molecular weight is 347 g/mol. The van der Waals surface area contributed by atoms with Gasteiger partial charge in [-0.25, -0.2) is 4.98 Å². The normalized spacial score (nSPS) is 10.0. The Morgan fingerprint density at radius 3 is 2.38 bits per heavy atom. The molecule has 0 atom stereocenters. The summed E-state index contributed by atoms with van der Waals surface area (Å²) in [6, 6.07) is 14.6. The molecule has 0 fully saturated rings. The molecule has 2 aromatic heterocycles. The van der Waals surface area contributed by atoms with E-state index in [-0.39, 0.29) is 17.2 Å². The zero-order chi connectivity index (χ0) is 18.5. The van der Waals surface area contributed by atoms with Crippen molar-refractivity contribution >= 4 is 23.3 Å². The molecule has 0 aliphatic heterocycles. The fourth-order valence-corrected chi connectivity index (χ4v) is 2.15. The van der Waals surface area contributed by atoms with Gasteiger partial charge in [-0.3, -0.25) is 9.59 Å². The molecule has 2 heterocycles. The summed E-state index contributed by atoms with van der Waals surface area (Å²) in [4.78, 5) is 28.6. The number of pyridine rings is 1. The number of carbonyl (C=O) groups is 2. The molecule has 26 heavy (non-hydrogen) atoms. The number of nitrogens with zero attached hydrogens (tertiary/aromatic N) is 3. The molecule has 0 aliphatic carbocycles. The number of hydrogen-bond acceptors (Lipinski definition) is 6. The van der Waals surface area contributed by atoms with Crippen molar-refractivity contribution < 1.29 is 14.1 Å². The van der Waals surface area contributed by atoms with Crippen molar-refractivity contribution in [2.24, 2.45) is 0 Å². The van der Waals surface area contributed by atoms with Crippen LogP contribution in [0.5, 0.6) is 0 Å². The highest BCUT2D eigenvalue weighted by molar-refractivity contribution is 6.05. The summed E-state index contributed by atoms with van der Waals surface area (Å²) in [6.45, 7) is 1.70. The van der Waals surface area contributed by atoms with Crippen molar-refractivity contribution in [3.8, 4) is 6.07 Å². The third-order valence-corrected chi connectivity index (χ3v) is 3.33. The van der Waals surface area contributed by atoms with Crippen LogP contribution >= 0.6 is 0 Å². The van der Waals surface area contributed by atoms with Gasteiger partial charge in [-0.1, -0.05) is 17.3 Å². The molecular formula is C18H13N5O3. The summed E-state index contributed by atoms with van der Waals surface area (Å²) >= 11 is 0. The van der Waals surface area contributed by atoms with Gasteiger partial charge in [0.1, 0.15) is 17.1 Å². The Balaban J connectivity index is 1.74. The maximum atomic E-state index is 12.3. The molecule has 0 saturated carbocycles. The SMILES string of the molecule is Cc1cc(NC(=O)c2cccc(C(=O)Nc3cccc(C#N)c3)n2)no1. The predicted molar refractivity (Wildman–Crippen MR) is 92.5 cm³/mol. The van der Waals surface area contributed by atoms with Crippen LogP contribution in [0.25, 0.3) is 0 Å². The van der Waals surface area contributed by atoms with Gasteiger partial charge in [0.25, 0.3) is 11.8 Å². The fourth-order valence-electron chi connectivity index (χ4n) is 2.15. The number of amides is 2. The maximum absolute atomic E-state index is 12.3. The second-order valence-corrected chi connectivity index (χ2v) is 5.33. The quantitative estimate of drug-likeness (QED) is 0.748. The van der Waals surface area contributed by atoms with Gasteiger partial charge in [-0.05, 0) is 37.3 Å².